The fraction of sp³-hybridized carbons (Fsp3) is 0.250. The molecule has 1 amide bonds. The maximum atomic E-state index is 13.2. The van der Waals surface area contributed by atoms with E-state index in [4.69, 9.17) is 19.5 Å². The summed E-state index contributed by atoms with van der Waals surface area (Å²) in [5.74, 6) is 1.80. The average molecular weight is 435 g/mol. The lowest BCUT2D eigenvalue weighted by molar-refractivity contribution is -0.135. The first kappa shape index (κ1) is 20.8. The van der Waals surface area contributed by atoms with Crippen molar-refractivity contribution < 1.29 is 19.0 Å². The van der Waals surface area contributed by atoms with Crippen molar-refractivity contribution in [2.45, 2.75) is 12.5 Å². The Hall–Kier alpha value is -3.50. The fourth-order valence-electron chi connectivity index (χ4n) is 3.82. The summed E-state index contributed by atoms with van der Waals surface area (Å²) in [7, 11) is 3.24. The number of fused-ring (bicyclic) bond motifs is 1. The number of nitrogens with zero attached hydrogens (tertiary/aromatic N) is 2. The summed E-state index contributed by atoms with van der Waals surface area (Å²) in [6.45, 7) is 0.511. The van der Waals surface area contributed by atoms with Crippen LogP contribution in [0.4, 0.5) is 0 Å². The molecule has 2 aromatic carbocycles. The second-order valence-corrected chi connectivity index (χ2v) is 8.07. The van der Waals surface area contributed by atoms with E-state index in [0.717, 1.165) is 22.4 Å². The molecule has 1 aromatic heterocycles. The predicted molar refractivity (Wildman–Crippen MR) is 118 cm³/mol. The molecule has 0 fully saturated rings. The lowest BCUT2D eigenvalue weighted by Crippen LogP contribution is -2.42. The third-order valence-corrected chi connectivity index (χ3v) is 6.28. The molecule has 0 spiro atoms. The summed E-state index contributed by atoms with van der Waals surface area (Å²) in [5.41, 5.74) is 2.74. The lowest BCUT2D eigenvalue weighted by Gasteiger charge is -2.37. The molecule has 1 aliphatic rings. The molecule has 1 atom stereocenters. The van der Waals surface area contributed by atoms with Crippen LogP contribution in [0.1, 0.15) is 27.6 Å². The van der Waals surface area contributed by atoms with Crippen LogP contribution < -0.4 is 14.2 Å². The largest absolute Gasteiger partial charge is 0.493 e. The predicted octanol–water partition coefficient (Wildman–Crippen LogP) is 4.19. The Morgan fingerprint density at radius 2 is 1.90 bits per heavy atom. The molecule has 158 valence electrons. The molecule has 31 heavy (non-hydrogen) atoms. The van der Waals surface area contributed by atoms with Crippen LogP contribution >= 0.6 is 11.3 Å². The second kappa shape index (κ2) is 9.11. The van der Waals surface area contributed by atoms with Gasteiger partial charge in [-0.15, -0.1) is 11.3 Å². The third kappa shape index (κ3) is 4.21. The van der Waals surface area contributed by atoms with Crippen LogP contribution in [0.2, 0.25) is 0 Å². The van der Waals surface area contributed by atoms with Gasteiger partial charge in [0.1, 0.15) is 5.75 Å². The monoisotopic (exact) mass is 434 g/mol. The molecule has 0 saturated heterocycles. The molecule has 6 nitrogen and oxygen atoms in total. The Morgan fingerprint density at radius 3 is 2.55 bits per heavy atom. The van der Waals surface area contributed by atoms with Gasteiger partial charge in [-0.2, -0.15) is 5.26 Å². The number of ether oxygens (including phenoxy) is 3. The van der Waals surface area contributed by atoms with E-state index >= 15 is 0 Å². The highest BCUT2D eigenvalue weighted by Crippen LogP contribution is 2.42. The van der Waals surface area contributed by atoms with Crippen molar-refractivity contribution in [1.82, 2.24) is 4.90 Å². The van der Waals surface area contributed by atoms with E-state index < -0.39 is 0 Å². The summed E-state index contributed by atoms with van der Waals surface area (Å²) >= 11 is 1.62. The summed E-state index contributed by atoms with van der Waals surface area (Å²) < 4.78 is 16.7. The number of carbonyl (C=O) groups is 1. The van der Waals surface area contributed by atoms with Gasteiger partial charge in [0.05, 0.1) is 31.9 Å². The van der Waals surface area contributed by atoms with Gasteiger partial charge in [-0.05, 0) is 65.4 Å². The molecule has 1 aliphatic heterocycles. The Kier molecular flexibility index (Phi) is 6.10. The van der Waals surface area contributed by atoms with E-state index in [1.54, 1.807) is 49.8 Å². The van der Waals surface area contributed by atoms with Crippen molar-refractivity contribution in [2.75, 3.05) is 27.4 Å². The second-order valence-electron chi connectivity index (χ2n) is 7.09. The smallest absolute Gasteiger partial charge is 0.261 e. The molecular weight excluding hydrogens is 412 g/mol. The molecule has 7 heteroatoms. The number of amides is 1. The quantitative estimate of drug-likeness (QED) is 0.582. The van der Waals surface area contributed by atoms with E-state index in [1.165, 1.54) is 0 Å². The Labute approximate surface area is 185 Å². The van der Waals surface area contributed by atoms with Gasteiger partial charge in [0.2, 0.25) is 0 Å². The number of hydrogen-bond acceptors (Lipinski definition) is 6. The van der Waals surface area contributed by atoms with Crippen molar-refractivity contribution in [2.24, 2.45) is 0 Å². The highest BCUT2D eigenvalue weighted by molar-refractivity contribution is 7.10. The molecule has 0 N–H and O–H groups in total. The normalized spacial score (nSPS) is 15.0. The average Bonchev–Trinajstić information content (AvgIpc) is 3.35. The van der Waals surface area contributed by atoms with Crippen LogP contribution in [-0.4, -0.2) is 38.2 Å². The van der Waals surface area contributed by atoms with Crippen LogP contribution in [0.5, 0.6) is 17.2 Å². The van der Waals surface area contributed by atoms with Crippen LogP contribution in [0.15, 0.2) is 53.9 Å². The standard InChI is InChI=1S/C24H22N2O4S/c1-28-20-12-17-9-10-26(23(27)15-30-18-7-5-16(14-25)6-8-18)24(22-4-3-11-31-22)19(17)13-21(20)29-2/h3-8,11-13,24H,9-10,15H2,1-2H3/t24-/m1/s1. The Balaban J connectivity index is 1.61. The van der Waals surface area contributed by atoms with E-state index in [-0.39, 0.29) is 18.6 Å². The van der Waals surface area contributed by atoms with Gasteiger partial charge in [-0.3, -0.25) is 4.79 Å². The number of carbonyl (C=O) groups excluding carboxylic acids is 1. The van der Waals surface area contributed by atoms with Gasteiger partial charge in [0, 0.05) is 11.4 Å². The van der Waals surface area contributed by atoms with E-state index in [2.05, 4.69) is 6.07 Å². The Bertz CT molecular complexity index is 1100. The number of rotatable bonds is 6. The molecule has 4 rings (SSSR count). The number of methoxy groups -OCH3 is 2. The van der Waals surface area contributed by atoms with Crippen LogP contribution in [0.3, 0.4) is 0 Å². The van der Waals surface area contributed by atoms with Gasteiger partial charge in [0.25, 0.3) is 5.91 Å². The van der Waals surface area contributed by atoms with Crippen LogP contribution in [0, 0.1) is 11.3 Å². The summed E-state index contributed by atoms with van der Waals surface area (Å²) in [6.07, 6.45) is 0.722. The summed E-state index contributed by atoms with van der Waals surface area (Å²) in [4.78, 5) is 16.1. The first-order valence-corrected chi connectivity index (χ1v) is 10.7. The highest BCUT2D eigenvalue weighted by Gasteiger charge is 2.34. The molecule has 0 radical (unpaired) electrons. The number of hydrogen-bond donors (Lipinski definition) is 0. The minimum Gasteiger partial charge on any atom is -0.493 e. The topological polar surface area (TPSA) is 71.8 Å². The first-order chi connectivity index (χ1) is 15.1. The van der Waals surface area contributed by atoms with Crippen molar-refractivity contribution in [3.63, 3.8) is 0 Å². The number of nitriles is 1. The molecular formula is C24H22N2O4S. The minimum atomic E-state index is -0.208. The first-order valence-electron chi connectivity index (χ1n) is 9.85. The highest BCUT2D eigenvalue weighted by atomic mass is 32.1. The SMILES string of the molecule is COc1cc2c(cc1OC)[C@H](c1cccs1)N(C(=O)COc1ccc(C#N)cc1)CC2. The van der Waals surface area contributed by atoms with Crippen molar-refractivity contribution in [1.29, 1.82) is 5.26 Å². The molecule has 2 heterocycles. The zero-order valence-electron chi connectivity index (χ0n) is 17.3. The van der Waals surface area contributed by atoms with E-state index in [0.29, 0.717) is 29.4 Å². The van der Waals surface area contributed by atoms with Crippen LogP contribution in [0.25, 0.3) is 0 Å². The zero-order valence-corrected chi connectivity index (χ0v) is 18.1. The van der Waals surface area contributed by atoms with E-state index in [1.807, 2.05) is 34.5 Å². The number of benzene rings is 2. The van der Waals surface area contributed by atoms with E-state index in [9.17, 15) is 4.79 Å². The Morgan fingerprint density at radius 1 is 1.16 bits per heavy atom. The van der Waals surface area contributed by atoms with Crippen molar-refractivity contribution in [3.8, 4) is 23.3 Å². The van der Waals surface area contributed by atoms with Gasteiger partial charge in [-0.1, -0.05) is 6.07 Å². The van der Waals surface area contributed by atoms with Gasteiger partial charge < -0.3 is 19.1 Å². The minimum absolute atomic E-state index is 0.0730. The van der Waals surface area contributed by atoms with Gasteiger partial charge >= 0.3 is 0 Å². The summed E-state index contributed by atoms with van der Waals surface area (Å²) in [6, 6.07) is 16.6. The molecule has 0 bridgehead atoms. The molecule has 3 aromatic rings. The van der Waals surface area contributed by atoms with Gasteiger partial charge in [-0.25, -0.2) is 0 Å². The third-order valence-electron chi connectivity index (χ3n) is 5.35. The van der Waals surface area contributed by atoms with Crippen molar-refractivity contribution in [3.05, 3.63) is 75.5 Å². The van der Waals surface area contributed by atoms with Gasteiger partial charge in [0.15, 0.2) is 18.1 Å². The maximum Gasteiger partial charge on any atom is 0.261 e. The summed E-state index contributed by atoms with van der Waals surface area (Å²) in [5, 5.41) is 10.9. The molecule has 0 unspecified atom stereocenters. The fourth-order valence-corrected chi connectivity index (χ4v) is 4.68. The molecule has 0 aliphatic carbocycles. The maximum absolute atomic E-state index is 13.2. The molecule has 0 saturated carbocycles. The number of thiophene rings is 1. The van der Waals surface area contributed by atoms with Crippen molar-refractivity contribution >= 4 is 17.2 Å². The van der Waals surface area contributed by atoms with Crippen LogP contribution in [-0.2, 0) is 11.2 Å². The lowest BCUT2D eigenvalue weighted by atomic mass is 9.90. The zero-order chi connectivity index (χ0) is 21.8.